The summed E-state index contributed by atoms with van der Waals surface area (Å²) in [7, 11) is 3.78. The smallest absolute Gasteiger partial charge is 0.239 e. The van der Waals surface area contributed by atoms with E-state index >= 15 is 0 Å². The van der Waals surface area contributed by atoms with Crippen LogP contribution in [0.3, 0.4) is 0 Å². The summed E-state index contributed by atoms with van der Waals surface area (Å²) >= 11 is 0. The first-order valence-corrected chi connectivity index (χ1v) is 7.58. The second-order valence-corrected chi connectivity index (χ2v) is 5.46. The SMILES string of the molecule is COc1cc(-c2oc3c(OC)c(O)c(O)c(O)c3c(=O)c2OC)ccc1O. The van der Waals surface area contributed by atoms with E-state index in [-0.39, 0.29) is 34.3 Å². The van der Waals surface area contributed by atoms with Gasteiger partial charge >= 0.3 is 0 Å². The summed E-state index contributed by atoms with van der Waals surface area (Å²) < 4.78 is 20.9. The van der Waals surface area contributed by atoms with Crippen LogP contribution in [0.5, 0.6) is 40.2 Å². The number of phenols is 4. The van der Waals surface area contributed by atoms with E-state index in [4.69, 9.17) is 18.6 Å². The fourth-order valence-corrected chi connectivity index (χ4v) is 2.72. The van der Waals surface area contributed by atoms with Crippen LogP contribution in [0.2, 0.25) is 0 Å². The molecular weight excluding hydrogens is 360 g/mol. The Bertz CT molecular complexity index is 1100. The monoisotopic (exact) mass is 376 g/mol. The molecular formula is C18H16O9. The molecule has 0 aliphatic heterocycles. The van der Waals surface area contributed by atoms with Crippen molar-refractivity contribution in [2.75, 3.05) is 21.3 Å². The molecule has 142 valence electrons. The molecule has 0 unspecified atom stereocenters. The highest BCUT2D eigenvalue weighted by molar-refractivity contribution is 5.96. The van der Waals surface area contributed by atoms with Gasteiger partial charge in [-0.2, -0.15) is 0 Å². The molecule has 3 rings (SSSR count). The molecule has 27 heavy (non-hydrogen) atoms. The minimum Gasteiger partial charge on any atom is -0.504 e. The molecule has 2 aromatic carbocycles. The Morgan fingerprint density at radius 1 is 0.852 bits per heavy atom. The van der Waals surface area contributed by atoms with Crippen molar-refractivity contribution < 1.29 is 39.1 Å². The van der Waals surface area contributed by atoms with Crippen LogP contribution in [0.1, 0.15) is 0 Å². The summed E-state index contributed by atoms with van der Waals surface area (Å²) in [6, 6.07) is 4.20. The summed E-state index contributed by atoms with van der Waals surface area (Å²) in [5.41, 5.74) is -0.778. The molecule has 0 spiro atoms. The zero-order valence-corrected chi connectivity index (χ0v) is 14.6. The third kappa shape index (κ3) is 2.60. The molecule has 9 heteroatoms. The van der Waals surface area contributed by atoms with Gasteiger partial charge in [-0.3, -0.25) is 4.79 Å². The predicted octanol–water partition coefficient (Wildman–Crippen LogP) is 2.31. The van der Waals surface area contributed by atoms with Crippen molar-refractivity contribution >= 4 is 11.0 Å². The van der Waals surface area contributed by atoms with Gasteiger partial charge in [-0.25, -0.2) is 0 Å². The van der Waals surface area contributed by atoms with E-state index in [9.17, 15) is 25.2 Å². The van der Waals surface area contributed by atoms with Crippen LogP contribution in [0.15, 0.2) is 27.4 Å². The predicted molar refractivity (Wildman–Crippen MR) is 94.2 cm³/mol. The van der Waals surface area contributed by atoms with Gasteiger partial charge in [0.2, 0.25) is 28.4 Å². The molecule has 3 aromatic rings. The van der Waals surface area contributed by atoms with E-state index in [1.807, 2.05) is 0 Å². The Hall–Kier alpha value is -3.75. The maximum absolute atomic E-state index is 12.9. The average Bonchev–Trinajstić information content (AvgIpc) is 2.66. The number of fused-ring (bicyclic) bond motifs is 1. The first kappa shape index (κ1) is 18.1. The zero-order chi connectivity index (χ0) is 19.9. The zero-order valence-electron chi connectivity index (χ0n) is 14.6. The Morgan fingerprint density at radius 2 is 1.52 bits per heavy atom. The molecule has 0 aliphatic rings. The minimum absolute atomic E-state index is 0.0592. The Kier molecular flexibility index (Phi) is 4.36. The minimum atomic E-state index is -0.923. The molecule has 0 saturated carbocycles. The maximum atomic E-state index is 12.9. The van der Waals surface area contributed by atoms with E-state index in [0.29, 0.717) is 5.56 Å². The molecule has 0 atom stereocenters. The molecule has 0 aliphatic carbocycles. The molecule has 0 amide bonds. The largest absolute Gasteiger partial charge is 0.504 e. The van der Waals surface area contributed by atoms with Crippen molar-refractivity contribution in [2.45, 2.75) is 0 Å². The summed E-state index contributed by atoms with van der Waals surface area (Å²) in [5, 5.41) is 39.3. The number of methoxy groups -OCH3 is 3. The van der Waals surface area contributed by atoms with Crippen molar-refractivity contribution in [2.24, 2.45) is 0 Å². The fraction of sp³-hybridized carbons (Fsp3) is 0.167. The van der Waals surface area contributed by atoms with Gasteiger partial charge in [-0.1, -0.05) is 0 Å². The van der Waals surface area contributed by atoms with Crippen molar-refractivity contribution in [3.8, 4) is 51.6 Å². The molecule has 1 aromatic heterocycles. The van der Waals surface area contributed by atoms with E-state index in [1.165, 1.54) is 39.5 Å². The summed E-state index contributed by atoms with van der Waals surface area (Å²) in [4.78, 5) is 12.9. The van der Waals surface area contributed by atoms with Gasteiger partial charge in [-0.15, -0.1) is 0 Å². The number of hydrogen-bond acceptors (Lipinski definition) is 9. The first-order chi connectivity index (χ1) is 12.8. The number of phenolic OH excluding ortho intramolecular Hbond substituents is 4. The van der Waals surface area contributed by atoms with Crippen LogP contribution in [0.25, 0.3) is 22.3 Å². The van der Waals surface area contributed by atoms with Crippen molar-refractivity contribution in [3.63, 3.8) is 0 Å². The topological polar surface area (TPSA) is 139 Å². The van der Waals surface area contributed by atoms with Gasteiger partial charge < -0.3 is 39.1 Å². The number of ether oxygens (including phenoxy) is 3. The number of aromatic hydroxyl groups is 4. The maximum Gasteiger partial charge on any atom is 0.239 e. The second-order valence-electron chi connectivity index (χ2n) is 5.46. The average molecular weight is 376 g/mol. The van der Waals surface area contributed by atoms with Crippen molar-refractivity contribution in [1.29, 1.82) is 0 Å². The molecule has 1 heterocycles. The Morgan fingerprint density at radius 3 is 2.11 bits per heavy atom. The lowest BCUT2D eigenvalue weighted by Gasteiger charge is -2.14. The second kappa shape index (κ2) is 6.52. The highest BCUT2D eigenvalue weighted by Crippen LogP contribution is 2.50. The lowest BCUT2D eigenvalue weighted by Crippen LogP contribution is -2.08. The van der Waals surface area contributed by atoms with E-state index in [1.54, 1.807) is 0 Å². The number of hydrogen-bond donors (Lipinski definition) is 4. The third-order valence-electron chi connectivity index (χ3n) is 4.03. The quantitative estimate of drug-likeness (QED) is 0.505. The number of rotatable bonds is 4. The van der Waals surface area contributed by atoms with Crippen LogP contribution >= 0.6 is 0 Å². The van der Waals surface area contributed by atoms with Crippen LogP contribution in [0.4, 0.5) is 0 Å². The fourth-order valence-electron chi connectivity index (χ4n) is 2.72. The first-order valence-electron chi connectivity index (χ1n) is 7.58. The van der Waals surface area contributed by atoms with Crippen LogP contribution in [-0.4, -0.2) is 41.8 Å². The third-order valence-corrected chi connectivity index (χ3v) is 4.03. The van der Waals surface area contributed by atoms with Crippen molar-refractivity contribution in [3.05, 3.63) is 28.4 Å². The highest BCUT2D eigenvalue weighted by atomic mass is 16.5. The van der Waals surface area contributed by atoms with E-state index in [0.717, 1.165) is 0 Å². The molecule has 0 bridgehead atoms. The van der Waals surface area contributed by atoms with Crippen LogP contribution < -0.4 is 19.6 Å². The molecule has 4 N–H and O–H groups in total. The van der Waals surface area contributed by atoms with Gasteiger partial charge in [0, 0.05) is 5.56 Å². The summed E-state index contributed by atoms with van der Waals surface area (Å²) in [6.45, 7) is 0. The summed E-state index contributed by atoms with van der Waals surface area (Å²) in [6.07, 6.45) is 0. The van der Waals surface area contributed by atoms with Crippen molar-refractivity contribution in [1.82, 2.24) is 0 Å². The molecule has 0 fully saturated rings. The van der Waals surface area contributed by atoms with Crippen LogP contribution in [0, 0.1) is 0 Å². The normalized spacial score (nSPS) is 10.8. The molecule has 0 radical (unpaired) electrons. The Labute approximate surface area is 152 Å². The lowest BCUT2D eigenvalue weighted by molar-refractivity contribution is 0.334. The van der Waals surface area contributed by atoms with Gasteiger partial charge in [0.1, 0.15) is 5.39 Å². The standard InChI is InChI=1S/C18H16O9/c1-24-9-6-7(4-5-8(9)19)15-17(25-2)12(21)10-11(20)13(22)14(23)18(26-3)16(10)27-15/h4-6,19-20,22-23H,1-3H3. The highest BCUT2D eigenvalue weighted by Gasteiger charge is 2.28. The molecule has 0 saturated heterocycles. The van der Waals surface area contributed by atoms with Gasteiger partial charge in [0.15, 0.2) is 28.6 Å². The van der Waals surface area contributed by atoms with E-state index < -0.39 is 28.1 Å². The van der Waals surface area contributed by atoms with Crippen LogP contribution in [-0.2, 0) is 0 Å². The Balaban J connectivity index is 2.48. The van der Waals surface area contributed by atoms with Gasteiger partial charge in [0.25, 0.3) is 0 Å². The lowest BCUT2D eigenvalue weighted by atomic mass is 10.1. The van der Waals surface area contributed by atoms with Gasteiger partial charge in [0.05, 0.1) is 21.3 Å². The summed E-state index contributed by atoms with van der Waals surface area (Å²) in [5.74, 6) is -3.24. The van der Waals surface area contributed by atoms with E-state index in [2.05, 4.69) is 0 Å². The number of benzene rings is 2. The van der Waals surface area contributed by atoms with Gasteiger partial charge in [-0.05, 0) is 18.2 Å². The molecule has 9 nitrogen and oxygen atoms in total.